The van der Waals surface area contributed by atoms with Crippen molar-refractivity contribution in [2.75, 3.05) is 13.1 Å². The SMILES string of the molecule is C[C@@H]1CN(C(=O)c2coc(-c3c(F)cccc3F)n2)CC(C(=O)O)O1. The number of oxazole rings is 1. The van der Waals surface area contributed by atoms with Crippen LogP contribution < -0.4 is 0 Å². The minimum absolute atomic E-state index is 0.158. The van der Waals surface area contributed by atoms with Gasteiger partial charge in [-0.3, -0.25) is 4.79 Å². The Balaban J connectivity index is 1.84. The molecule has 2 atom stereocenters. The summed E-state index contributed by atoms with van der Waals surface area (Å²) < 4.78 is 37.8. The Morgan fingerprint density at radius 1 is 1.28 bits per heavy atom. The van der Waals surface area contributed by atoms with Gasteiger partial charge in [0.1, 0.15) is 23.5 Å². The highest BCUT2D eigenvalue weighted by atomic mass is 19.1. The summed E-state index contributed by atoms with van der Waals surface area (Å²) in [6.07, 6.45) is -0.642. The third-order valence-corrected chi connectivity index (χ3v) is 3.72. The molecular formula is C16H14F2N2O5. The molecule has 1 unspecified atom stereocenters. The van der Waals surface area contributed by atoms with Gasteiger partial charge in [-0.2, -0.15) is 0 Å². The summed E-state index contributed by atoms with van der Waals surface area (Å²) in [5.41, 5.74) is -0.642. The van der Waals surface area contributed by atoms with Crippen molar-refractivity contribution in [1.82, 2.24) is 9.88 Å². The summed E-state index contributed by atoms with van der Waals surface area (Å²) in [4.78, 5) is 28.7. The summed E-state index contributed by atoms with van der Waals surface area (Å²) in [5.74, 6) is -3.89. The number of halogens is 2. The number of rotatable bonds is 3. The van der Waals surface area contributed by atoms with Gasteiger partial charge in [-0.05, 0) is 19.1 Å². The average Bonchev–Trinajstić information content (AvgIpc) is 3.03. The number of aliphatic carboxylic acids is 1. The fraction of sp³-hybridized carbons (Fsp3) is 0.312. The molecule has 0 spiro atoms. The van der Waals surface area contributed by atoms with Crippen molar-refractivity contribution in [3.8, 4) is 11.5 Å². The summed E-state index contributed by atoms with van der Waals surface area (Å²) in [6, 6.07) is 3.29. The van der Waals surface area contributed by atoms with Crippen LogP contribution in [0.25, 0.3) is 11.5 Å². The molecule has 1 aliphatic rings. The first-order valence-electron chi connectivity index (χ1n) is 7.44. The van der Waals surface area contributed by atoms with Gasteiger partial charge >= 0.3 is 5.97 Å². The Kier molecular flexibility index (Phi) is 4.49. The lowest BCUT2D eigenvalue weighted by Crippen LogP contribution is -2.51. The number of ether oxygens (including phenoxy) is 1. The smallest absolute Gasteiger partial charge is 0.334 e. The number of hydrogen-bond donors (Lipinski definition) is 1. The third-order valence-electron chi connectivity index (χ3n) is 3.72. The number of amides is 1. The van der Waals surface area contributed by atoms with Crippen molar-refractivity contribution in [2.24, 2.45) is 0 Å². The van der Waals surface area contributed by atoms with Crippen LogP contribution in [0, 0.1) is 11.6 Å². The lowest BCUT2D eigenvalue weighted by Gasteiger charge is -2.34. The third kappa shape index (κ3) is 3.36. The van der Waals surface area contributed by atoms with Crippen molar-refractivity contribution in [1.29, 1.82) is 0 Å². The zero-order chi connectivity index (χ0) is 18.1. The van der Waals surface area contributed by atoms with E-state index in [0.717, 1.165) is 18.4 Å². The van der Waals surface area contributed by atoms with Crippen LogP contribution >= 0.6 is 0 Å². The molecule has 9 heteroatoms. The van der Waals surface area contributed by atoms with Gasteiger partial charge in [0.15, 0.2) is 11.8 Å². The lowest BCUT2D eigenvalue weighted by atomic mass is 10.2. The Bertz CT molecular complexity index is 802. The van der Waals surface area contributed by atoms with Crippen LogP contribution in [0.4, 0.5) is 8.78 Å². The van der Waals surface area contributed by atoms with E-state index in [0.29, 0.717) is 0 Å². The predicted octanol–water partition coefficient (Wildman–Crippen LogP) is 1.93. The molecule has 132 valence electrons. The number of carbonyl (C=O) groups excluding carboxylic acids is 1. The first kappa shape index (κ1) is 17.0. The van der Waals surface area contributed by atoms with Crippen LogP contribution in [0.1, 0.15) is 17.4 Å². The standard InChI is InChI=1S/C16H14F2N2O5/c1-8-5-20(6-12(25-8)16(22)23)15(21)11-7-24-14(19-11)13-9(17)3-2-4-10(13)18/h2-4,7-8,12H,5-6H2,1H3,(H,22,23)/t8-,12?/m1/s1. The maximum atomic E-state index is 13.8. The summed E-state index contributed by atoms with van der Waals surface area (Å²) in [5, 5.41) is 9.06. The maximum Gasteiger partial charge on any atom is 0.334 e. The molecule has 1 saturated heterocycles. The van der Waals surface area contributed by atoms with Crippen molar-refractivity contribution >= 4 is 11.9 Å². The van der Waals surface area contributed by atoms with Crippen LogP contribution in [0.2, 0.25) is 0 Å². The van der Waals surface area contributed by atoms with E-state index in [4.69, 9.17) is 14.3 Å². The number of aromatic nitrogens is 1. The molecule has 1 aliphatic heterocycles. The number of benzene rings is 1. The zero-order valence-electron chi connectivity index (χ0n) is 13.1. The van der Waals surface area contributed by atoms with Crippen molar-refractivity contribution in [3.05, 3.63) is 41.8 Å². The molecule has 1 fully saturated rings. The molecular weight excluding hydrogens is 338 g/mol. The molecule has 1 aromatic carbocycles. The summed E-state index contributed by atoms with van der Waals surface area (Å²) in [7, 11) is 0. The van der Waals surface area contributed by atoms with Gasteiger partial charge in [0.2, 0.25) is 5.89 Å². The molecule has 2 heterocycles. The number of carbonyl (C=O) groups is 2. The minimum atomic E-state index is -1.18. The molecule has 2 aromatic rings. The van der Waals surface area contributed by atoms with E-state index in [2.05, 4.69) is 4.98 Å². The lowest BCUT2D eigenvalue weighted by molar-refractivity contribution is -0.160. The first-order chi connectivity index (χ1) is 11.9. The molecule has 7 nitrogen and oxygen atoms in total. The normalized spacial score (nSPS) is 20.5. The summed E-state index contributed by atoms with van der Waals surface area (Å²) >= 11 is 0. The average molecular weight is 352 g/mol. The van der Waals surface area contributed by atoms with E-state index in [-0.39, 0.29) is 24.7 Å². The topological polar surface area (TPSA) is 92.9 Å². The second kappa shape index (κ2) is 6.60. The van der Waals surface area contributed by atoms with E-state index < -0.39 is 41.3 Å². The fourth-order valence-corrected chi connectivity index (χ4v) is 2.60. The van der Waals surface area contributed by atoms with E-state index in [1.807, 2.05) is 0 Å². The quantitative estimate of drug-likeness (QED) is 0.907. The van der Waals surface area contributed by atoms with Crippen LogP contribution in [-0.2, 0) is 9.53 Å². The fourth-order valence-electron chi connectivity index (χ4n) is 2.60. The molecule has 1 N–H and O–H groups in total. The monoisotopic (exact) mass is 352 g/mol. The first-order valence-corrected chi connectivity index (χ1v) is 7.44. The van der Waals surface area contributed by atoms with Crippen LogP contribution in [0.5, 0.6) is 0 Å². The number of carboxylic acid groups (broad SMARTS) is 1. The Morgan fingerprint density at radius 3 is 2.60 bits per heavy atom. The van der Waals surface area contributed by atoms with Crippen LogP contribution in [0.3, 0.4) is 0 Å². The Labute approximate surface area is 140 Å². The number of carboxylic acids is 1. The maximum absolute atomic E-state index is 13.8. The highest BCUT2D eigenvalue weighted by molar-refractivity contribution is 5.93. The van der Waals surface area contributed by atoms with Gasteiger partial charge in [-0.15, -0.1) is 0 Å². The van der Waals surface area contributed by atoms with Crippen molar-refractivity contribution in [3.63, 3.8) is 0 Å². The van der Waals surface area contributed by atoms with Crippen molar-refractivity contribution < 1.29 is 32.6 Å². The molecule has 0 bridgehead atoms. The van der Waals surface area contributed by atoms with Gasteiger partial charge in [-0.25, -0.2) is 18.6 Å². The Hall–Kier alpha value is -2.81. The highest BCUT2D eigenvalue weighted by Crippen LogP contribution is 2.26. The van der Waals surface area contributed by atoms with Crippen LogP contribution in [0.15, 0.2) is 28.9 Å². The molecule has 25 heavy (non-hydrogen) atoms. The molecule has 1 amide bonds. The van der Waals surface area contributed by atoms with E-state index in [1.54, 1.807) is 6.92 Å². The number of nitrogens with zero attached hydrogens (tertiary/aromatic N) is 2. The van der Waals surface area contributed by atoms with Gasteiger partial charge < -0.3 is 19.2 Å². The number of morpholine rings is 1. The van der Waals surface area contributed by atoms with Gasteiger partial charge in [-0.1, -0.05) is 6.07 Å². The second-order valence-corrected chi connectivity index (χ2v) is 5.62. The van der Waals surface area contributed by atoms with E-state index in [1.165, 1.54) is 11.0 Å². The van der Waals surface area contributed by atoms with Gasteiger partial charge in [0.25, 0.3) is 5.91 Å². The summed E-state index contributed by atoms with van der Waals surface area (Å²) in [6.45, 7) is 1.64. The van der Waals surface area contributed by atoms with Crippen LogP contribution in [-0.4, -0.2) is 52.2 Å². The van der Waals surface area contributed by atoms with E-state index in [9.17, 15) is 18.4 Å². The zero-order valence-corrected chi connectivity index (χ0v) is 13.1. The molecule has 0 radical (unpaired) electrons. The van der Waals surface area contributed by atoms with E-state index >= 15 is 0 Å². The second-order valence-electron chi connectivity index (χ2n) is 5.62. The minimum Gasteiger partial charge on any atom is -0.479 e. The number of hydrogen-bond acceptors (Lipinski definition) is 5. The molecule has 3 rings (SSSR count). The highest BCUT2D eigenvalue weighted by Gasteiger charge is 2.34. The molecule has 0 aliphatic carbocycles. The molecule has 0 saturated carbocycles. The molecule has 1 aromatic heterocycles. The van der Waals surface area contributed by atoms with Gasteiger partial charge in [0, 0.05) is 6.54 Å². The Morgan fingerprint density at radius 2 is 1.96 bits per heavy atom. The predicted molar refractivity (Wildman–Crippen MR) is 79.7 cm³/mol. The van der Waals surface area contributed by atoms with Crippen molar-refractivity contribution in [2.45, 2.75) is 19.1 Å². The largest absolute Gasteiger partial charge is 0.479 e. The van der Waals surface area contributed by atoms with Gasteiger partial charge in [0.05, 0.1) is 12.6 Å².